The zero-order valence-corrected chi connectivity index (χ0v) is 9.02. The summed E-state index contributed by atoms with van der Waals surface area (Å²) in [7, 11) is -0.732. The highest BCUT2D eigenvalue weighted by atomic mass is 32.2. The Morgan fingerprint density at radius 3 is 2.69 bits per heavy atom. The van der Waals surface area contributed by atoms with Gasteiger partial charge in [0, 0.05) is 41.8 Å². The summed E-state index contributed by atoms with van der Waals surface area (Å²) in [4.78, 5) is 10.4. The third-order valence-corrected chi connectivity index (χ3v) is 2.51. The normalized spacial score (nSPS) is 15.2. The van der Waals surface area contributed by atoms with Crippen LogP contribution >= 0.6 is 0 Å². The van der Waals surface area contributed by atoms with Crippen LogP contribution in [-0.2, 0) is 15.6 Å². The Morgan fingerprint density at radius 1 is 1.62 bits per heavy atom. The monoisotopic (exact) mass is 206 g/mol. The Balaban J connectivity index is 3.35. The van der Waals surface area contributed by atoms with Crippen LogP contribution in [0.3, 0.4) is 0 Å². The molecule has 0 aromatic heterocycles. The van der Waals surface area contributed by atoms with Crippen LogP contribution in [0.1, 0.15) is 19.8 Å². The van der Waals surface area contributed by atoms with E-state index in [1.807, 2.05) is 6.92 Å². The van der Waals surface area contributed by atoms with Crippen LogP contribution in [0.25, 0.3) is 0 Å². The van der Waals surface area contributed by atoms with E-state index in [1.54, 1.807) is 6.26 Å². The van der Waals surface area contributed by atoms with Crippen LogP contribution in [0.4, 0.5) is 0 Å². The van der Waals surface area contributed by atoms with Crippen LogP contribution < -0.4 is 11.1 Å². The van der Waals surface area contributed by atoms with Crippen LogP contribution in [0.15, 0.2) is 0 Å². The summed E-state index contributed by atoms with van der Waals surface area (Å²) >= 11 is 0. The van der Waals surface area contributed by atoms with E-state index in [-0.39, 0.29) is 5.91 Å². The van der Waals surface area contributed by atoms with Crippen molar-refractivity contribution in [3.63, 3.8) is 0 Å². The lowest BCUT2D eigenvalue weighted by molar-refractivity contribution is -0.117. The van der Waals surface area contributed by atoms with Gasteiger partial charge in [-0.3, -0.25) is 9.00 Å². The van der Waals surface area contributed by atoms with Gasteiger partial charge in [-0.15, -0.1) is 0 Å². The Kier molecular flexibility index (Phi) is 6.80. The Labute approximate surface area is 81.7 Å². The van der Waals surface area contributed by atoms with Crippen molar-refractivity contribution >= 4 is 16.7 Å². The predicted molar refractivity (Wildman–Crippen MR) is 54.8 cm³/mol. The highest BCUT2D eigenvalue weighted by molar-refractivity contribution is 7.84. The van der Waals surface area contributed by atoms with Crippen LogP contribution in [-0.4, -0.2) is 34.7 Å². The van der Waals surface area contributed by atoms with Crippen molar-refractivity contribution in [2.45, 2.75) is 25.8 Å². The zero-order chi connectivity index (χ0) is 10.3. The molecule has 0 saturated heterocycles. The van der Waals surface area contributed by atoms with E-state index in [0.717, 1.165) is 6.42 Å². The number of rotatable bonds is 7. The lowest BCUT2D eigenvalue weighted by Crippen LogP contribution is -2.30. The lowest BCUT2D eigenvalue weighted by Gasteiger charge is -2.11. The summed E-state index contributed by atoms with van der Waals surface area (Å²) in [5.41, 5.74) is 4.97. The molecule has 0 aromatic rings. The van der Waals surface area contributed by atoms with Crippen molar-refractivity contribution in [2.75, 3.05) is 18.6 Å². The van der Waals surface area contributed by atoms with Crippen molar-refractivity contribution in [2.24, 2.45) is 5.73 Å². The molecule has 0 aliphatic heterocycles. The van der Waals surface area contributed by atoms with Crippen molar-refractivity contribution in [1.29, 1.82) is 0 Å². The summed E-state index contributed by atoms with van der Waals surface area (Å²) in [5.74, 6) is 0.406. The van der Waals surface area contributed by atoms with Crippen molar-refractivity contribution < 1.29 is 9.00 Å². The molecule has 0 fully saturated rings. The average Bonchev–Trinajstić information content (AvgIpc) is 2.00. The minimum atomic E-state index is -0.732. The van der Waals surface area contributed by atoms with Gasteiger partial charge in [0.1, 0.15) is 0 Å². The quantitative estimate of drug-likeness (QED) is 0.596. The molecule has 13 heavy (non-hydrogen) atoms. The number of hydrogen-bond acceptors (Lipinski definition) is 3. The van der Waals surface area contributed by atoms with Gasteiger partial charge in [0.2, 0.25) is 5.91 Å². The zero-order valence-electron chi connectivity index (χ0n) is 8.21. The van der Waals surface area contributed by atoms with E-state index in [9.17, 15) is 9.00 Å². The molecule has 2 unspecified atom stereocenters. The highest BCUT2D eigenvalue weighted by Crippen LogP contribution is 1.92. The molecule has 3 N–H and O–H groups in total. The fourth-order valence-electron chi connectivity index (χ4n) is 0.887. The second-order valence-corrected chi connectivity index (χ2v) is 4.69. The maximum Gasteiger partial charge on any atom is 0.218 e. The molecule has 0 spiro atoms. The summed E-state index contributed by atoms with van der Waals surface area (Å²) in [6, 6.07) is 0.295. The Morgan fingerprint density at radius 2 is 2.23 bits per heavy atom. The fourth-order valence-corrected chi connectivity index (χ4v) is 1.57. The van der Waals surface area contributed by atoms with Gasteiger partial charge in [-0.2, -0.15) is 0 Å². The number of amides is 1. The molecule has 0 heterocycles. The Hall–Kier alpha value is -0.420. The van der Waals surface area contributed by atoms with Gasteiger partial charge in [0.25, 0.3) is 0 Å². The molecule has 0 saturated carbocycles. The van der Waals surface area contributed by atoms with Gasteiger partial charge in [-0.1, -0.05) is 0 Å². The van der Waals surface area contributed by atoms with E-state index < -0.39 is 10.8 Å². The number of primary amides is 1. The largest absolute Gasteiger partial charge is 0.370 e. The van der Waals surface area contributed by atoms with E-state index in [1.165, 1.54) is 0 Å². The summed E-state index contributed by atoms with van der Waals surface area (Å²) in [5, 5.41) is 3.13. The third-order valence-electron chi connectivity index (χ3n) is 1.70. The van der Waals surface area contributed by atoms with Gasteiger partial charge in [-0.05, 0) is 13.3 Å². The molecular formula is C8H18N2O2S. The molecular weight excluding hydrogens is 188 g/mol. The van der Waals surface area contributed by atoms with Crippen LogP contribution in [0.5, 0.6) is 0 Å². The number of nitrogens with one attached hydrogen (secondary N) is 1. The van der Waals surface area contributed by atoms with E-state index in [2.05, 4.69) is 5.32 Å². The van der Waals surface area contributed by atoms with Crippen molar-refractivity contribution in [3.05, 3.63) is 0 Å². The van der Waals surface area contributed by atoms with Gasteiger partial charge in [0.05, 0.1) is 0 Å². The Bertz CT molecular complexity index is 185. The smallest absolute Gasteiger partial charge is 0.218 e. The summed E-state index contributed by atoms with van der Waals surface area (Å²) < 4.78 is 10.7. The van der Waals surface area contributed by atoms with Crippen molar-refractivity contribution in [3.8, 4) is 0 Å². The van der Waals surface area contributed by atoms with Gasteiger partial charge in [-0.25, -0.2) is 0 Å². The minimum absolute atomic E-state index is 0.293. The van der Waals surface area contributed by atoms with Gasteiger partial charge in [0.15, 0.2) is 0 Å². The predicted octanol–water partition coefficient (Wildman–Crippen LogP) is -0.391. The molecule has 78 valence electrons. The third kappa shape index (κ3) is 9.49. The molecule has 1 amide bonds. The first-order valence-electron chi connectivity index (χ1n) is 4.34. The standard InChI is InChI=1S/C8H18N2O2S/c1-7(4-6-13(2)12)10-5-3-8(9)11/h7,10H,3-6H2,1-2H3,(H2,9,11). The van der Waals surface area contributed by atoms with Crippen LogP contribution in [0.2, 0.25) is 0 Å². The first kappa shape index (κ1) is 12.6. The molecule has 0 bridgehead atoms. The molecule has 0 aliphatic carbocycles. The van der Waals surface area contributed by atoms with E-state index in [0.29, 0.717) is 24.8 Å². The first-order chi connectivity index (χ1) is 6.02. The first-order valence-corrected chi connectivity index (χ1v) is 6.06. The minimum Gasteiger partial charge on any atom is -0.370 e. The molecule has 4 nitrogen and oxygen atoms in total. The maximum absolute atomic E-state index is 10.7. The molecule has 0 aromatic carbocycles. The summed E-state index contributed by atoms with van der Waals surface area (Å²) in [6.45, 7) is 2.61. The number of carbonyl (C=O) groups excluding carboxylic acids is 1. The number of nitrogens with two attached hydrogens (primary N) is 1. The SMILES string of the molecule is CC(CCS(C)=O)NCCC(N)=O. The lowest BCUT2D eigenvalue weighted by atomic mass is 10.2. The molecule has 2 atom stereocenters. The second kappa shape index (κ2) is 7.03. The van der Waals surface area contributed by atoms with Gasteiger partial charge < -0.3 is 11.1 Å². The molecule has 0 rings (SSSR count). The fraction of sp³-hybridized carbons (Fsp3) is 0.875. The molecule has 0 radical (unpaired) electrons. The van der Waals surface area contributed by atoms with E-state index in [4.69, 9.17) is 5.73 Å². The highest BCUT2D eigenvalue weighted by Gasteiger charge is 2.02. The topological polar surface area (TPSA) is 72.2 Å². The molecule has 0 aliphatic rings. The van der Waals surface area contributed by atoms with Gasteiger partial charge >= 0.3 is 0 Å². The number of hydrogen-bond donors (Lipinski definition) is 2. The number of carbonyl (C=O) groups is 1. The molecule has 5 heteroatoms. The average molecular weight is 206 g/mol. The maximum atomic E-state index is 10.7. The van der Waals surface area contributed by atoms with Crippen molar-refractivity contribution in [1.82, 2.24) is 5.32 Å². The summed E-state index contributed by atoms with van der Waals surface area (Å²) in [6.07, 6.45) is 2.91. The second-order valence-electron chi connectivity index (χ2n) is 3.14. The van der Waals surface area contributed by atoms with Crippen LogP contribution in [0, 0.1) is 0 Å². The van der Waals surface area contributed by atoms with E-state index >= 15 is 0 Å².